The number of hydrogen-bond donors (Lipinski definition) is 4. The van der Waals surface area contributed by atoms with E-state index in [1.807, 2.05) is 6.92 Å². The summed E-state index contributed by atoms with van der Waals surface area (Å²) >= 11 is 0. The molecule has 0 radical (unpaired) electrons. The highest BCUT2D eigenvalue weighted by molar-refractivity contribution is 5.86. The van der Waals surface area contributed by atoms with Gasteiger partial charge in [-0.3, -0.25) is 4.79 Å². The van der Waals surface area contributed by atoms with Gasteiger partial charge in [-0.15, -0.1) is 12.4 Å². The number of halogens is 1. The lowest BCUT2D eigenvalue weighted by Crippen LogP contribution is -2.55. The van der Waals surface area contributed by atoms with Crippen LogP contribution >= 0.6 is 12.4 Å². The number of urea groups is 1. The van der Waals surface area contributed by atoms with Gasteiger partial charge < -0.3 is 21.7 Å². The van der Waals surface area contributed by atoms with Gasteiger partial charge in [0.2, 0.25) is 5.91 Å². The van der Waals surface area contributed by atoms with Crippen LogP contribution in [0.3, 0.4) is 0 Å². The fourth-order valence-corrected chi connectivity index (χ4v) is 2.36. The maximum Gasteiger partial charge on any atom is 0.312 e. The second kappa shape index (κ2) is 9.83. The second-order valence-corrected chi connectivity index (χ2v) is 5.29. The summed E-state index contributed by atoms with van der Waals surface area (Å²) in [6.07, 6.45) is 3.42. The molecule has 0 spiro atoms. The van der Waals surface area contributed by atoms with Crippen LogP contribution in [0.2, 0.25) is 0 Å². The van der Waals surface area contributed by atoms with Gasteiger partial charge in [-0.1, -0.05) is 26.7 Å². The number of hydrogen-bond acceptors (Lipinski definition) is 3. The van der Waals surface area contributed by atoms with Crippen molar-refractivity contribution in [3.8, 4) is 0 Å². The molecule has 1 aliphatic heterocycles. The minimum Gasteiger partial charge on any atom is -0.352 e. The number of unbranched alkanes of at least 4 members (excludes halogenated alkanes) is 1. The van der Waals surface area contributed by atoms with Crippen molar-refractivity contribution in [2.45, 2.75) is 51.6 Å². The summed E-state index contributed by atoms with van der Waals surface area (Å²) in [5.74, 6) is 0.282. The number of nitrogens with one attached hydrogen (secondary N) is 3. The van der Waals surface area contributed by atoms with Gasteiger partial charge in [0.15, 0.2) is 0 Å². The molecule has 0 bridgehead atoms. The molecule has 20 heavy (non-hydrogen) atoms. The summed E-state index contributed by atoms with van der Waals surface area (Å²) < 4.78 is 0. The Morgan fingerprint density at radius 2 is 2.15 bits per heavy atom. The van der Waals surface area contributed by atoms with Crippen LogP contribution in [0.5, 0.6) is 0 Å². The Labute approximate surface area is 127 Å². The van der Waals surface area contributed by atoms with Crippen LogP contribution in [-0.2, 0) is 4.79 Å². The molecule has 0 aliphatic carbocycles. The van der Waals surface area contributed by atoms with Crippen molar-refractivity contribution in [2.75, 3.05) is 13.1 Å². The van der Waals surface area contributed by atoms with Gasteiger partial charge in [0.05, 0.1) is 0 Å². The first-order valence-electron chi connectivity index (χ1n) is 7.11. The molecule has 6 nitrogen and oxygen atoms in total. The van der Waals surface area contributed by atoms with E-state index < -0.39 is 12.1 Å². The molecule has 1 aliphatic rings. The van der Waals surface area contributed by atoms with Crippen molar-refractivity contribution in [1.82, 2.24) is 16.0 Å². The fourth-order valence-electron chi connectivity index (χ4n) is 2.36. The van der Waals surface area contributed by atoms with Crippen LogP contribution in [0, 0.1) is 5.92 Å². The first-order chi connectivity index (χ1) is 9.04. The molecule has 3 atom stereocenters. The molecule has 0 aromatic carbocycles. The number of rotatable bonds is 6. The quantitative estimate of drug-likeness (QED) is 0.583. The minimum atomic E-state index is -0.644. The molecular weight excluding hydrogens is 280 g/mol. The number of carbonyl (C=O) groups is 2. The Bertz CT molecular complexity index is 315. The lowest BCUT2D eigenvalue weighted by atomic mass is 9.95. The molecule has 0 saturated carbocycles. The molecule has 1 rings (SSSR count). The zero-order chi connectivity index (χ0) is 14.3. The number of piperidine rings is 1. The summed E-state index contributed by atoms with van der Waals surface area (Å²) in [7, 11) is 0. The highest BCUT2D eigenvalue weighted by Crippen LogP contribution is 2.11. The third kappa shape index (κ3) is 6.43. The van der Waals surface area contributed by atoms with Crippen LogP contribution in [0.4, 0.5) is 4.79 Å². The first kappa shape index (κ1) is 19.0. The highest BCUT2D eigenvalue weighted by Gasteiger charge is 2.26. The van der Waals surface area contributed by atoms with Crippen molar-refractivity contribution in [2.24, 2.45) is 11.7 Å². The lowest BCUT2D eigenvalue weighted by Gasteiger charge is -2.31. The molecule has 1 fully saturated rings. The van der Waals surface area contributed by atoms with Crippen LogP contribution in [-0.4, -0.2) is 37.1 Å². The Balaban J connectivity index is 0.00000361. The molecule has 7 heteroatoms. The van der Waals surface area contributed by atoms with E-state index in [0.29, 0.717) is 12.3 Å². The van der Waals surface area contributed by atoms with E-state index in [2.05, 4.69) is 22.9 Å². The second-order valence-electron chi connectivity index (χ2n) is 5.29. The third-order valence-electron chi connectivity index (χ3n) is 3.59. The summed E-state index contributed by atoms with van der Waals surface area (Å²) in [5, 5.41) is 8.86. The largest absolute Gasteiger partial charge is 0.352 e. The van der Waals surface area contributed by atoms with E-state index in [0.717, 1.165) is 32.4 Å². The molecule has 5 N–H and O–H groups in total. The van der Waals surface area contributed by atoms with Gasteiger partial charge >= 0.3 is 6.03 Å². The molecule has 3 unspecified atom stereocenters. The topological polar surface area (TPSA) is 96.2 Å². The van der Waals surface area contributed by atoms with Crippen LogP contribution < -0.4 is 21.7 Å². The van der Waals surface area contributed by atoms with Gasteiger partial charge in [0.1, 0.15) is 6.04 Å². The van der Waals surface area contributed by atoms with E-state index in [1.165, 1.54) is 0 Å². The molecule has 0 aromatic rings. The van der Waals surface area contributed by atoms with E-state index >= 15 is 0 Å². The summed E-state index contributed by atoms with van der Waals surface area (Å²) in [6.45, 7) is 5.99. The maximum absolute atomic E-state index is 12.2. The Morgan fingerprint density at radius 3 is 2.70 bits per heavy atom. The van der Waals surface area contributed by atoms with E-state index in [4.69, 9.17) is 5.73 Å². The van der Waals surface area contributed by atoms with Gasteiger partial charge in [0, 0.05) is 6.04 Å². The van der Waals surface area contributed by atoms with Crippen molar-refractivity contribution >= 4 is 24.3 Å². The number of primary amides is 1. The molecule has 1 heterocycles. The van der Waals surface area contributed by atoms with Crippen molar-refractivity contribution in [3.63, 3.8) is 0 Å². The van der Waals surface area contributed by atoms with Crippen LogP contribution in [0.25, 0.3) is 0 Å². The molecule has 3 amide bonds. The standard InChI is InChI=1S/C13H26N4O2.ClH/c1-3-4-5-11(17-13(14)19)12(18)16-10-6-7-15-8-9(10)2;/h9-11,15H,3-8H2,1-2H3,(H,16,18)(H3,14,17,19);1H. The zero-order valence-electron chi connectivity index (χ0n) is 12.3. The Hall–Kier alpha value is -1.01. The minimum absolute atomic E-state index is 0. The van der Waals surface area contributed by atoms with Crippen LogP contribution in [0.1, 0.15) is 39.5 Å². The number of carbonyl (C=O) groups excluding carboxylic acids is 2. The summed E-state index contributed by atoms with van der Waals surface area (Å²) in [6, 6.07) is -0.985. The molecular formula is C13H27ClN4O2. The van der Waals surface area contributed by atoms with Crippen molar-refractivity contribution in [1.29, 1.82) is 0 Å². The van der Waals surface area contributed by atoms with E-state index in [9.17, 15) is 9.59 Å². The Morgan fingerprint density at radius 1 is 1.45 bits per heavy atom. The van der Waals surface area contributed by atoms with E-state index in [1.54, 1.807) is 0 Å². The van der Waals surface area contributed by atoms with Gasteiger partial charge in [-0.2, -0.15) is 0 Å². The Kier molecular flexibility index (Phi) is 9.33. The molecule has 0 aromatic heterocycles. The van der Waals surface area contributed by atoms with Crippen molar-refractivity contribution in [3.05, 3.63) is 0 Å². The normalized spacial score (nSPS) is 23.3. The monoisotopic (exact) mass is 306 g/mol. The summed E-state index contributed by atoms with van der Waals surface area (Å²) in [5.41, 5.74) is 5.12. The average Bonchev–Trinajstić information content (AvgIpc) is 2.36. The number of amides is 3. The smallest absolute Gasteiger partial charge is 0.312 e. The third-order valence-corrected chi connectivity index (χ3v) is 3.59. The van der Waals surface area contributed by atoms with Gasteiger partial charge in [-0.05, 0) is 31.8 Å². The number of nitrogens with two attached hydrogens (primary N) is 1. The predicted octanol–water partition coefficient (Wildman–Crippen LogP) is 0.750. The van der Waals surface area contributed by atoms with Gasteiger partial charge in [0.25, 0.3) is 0 Å². The van der Waals surface area contributed by atoms with Gasteiger partial charge in [-0.25, -0.2) is 4.79 Å². The zero-order valence-corrected chi connectivity index (χ0v) is 13.1. The average molecular weight is 307 g/mol. The highest BCUT2D eigenvalue weighted by atomic mass is 35.5. The SMILES string of the molecule is CCCCC(NC(N)=O)C(=O)NC1CCNCC1C.Cl. The maximum atomic E-state index is 12.2. The lowest BCUT2D eigenvalue weighted by molar-refractivity contribution is -0.124. The summed E-state index contributed by atoms with van der Waals surface area (Å²) in [4.78, 5) is 23.2. The van der Waals surface area contributed by atoms with Crippen molar-refractivity contribution < 1.29 is 9.59 Å². The predicted molar refractivity (Wildman–Crippen MR) is 81.9 cm³/mol. The molecule has 1 saturated heterocycles. The first-order valence-corrected chi connectivity index (χ1v) is 7.11. The van der Waals surface area contributed by atoms with Crippen LogP contribution in [0.15, 0.2) is 0 Å². The molecule has 118 valence electrons. The van der Waals surface area contributed by atoms with E-state index in [-0.39, 0.29) is 24.4 Å². The fraction of sp³-hybridized carbons (Fsp3) is 0.846.